The predicted molar refractivity (Wildman–Crippen MR) is 106 cm³/mol. The highest BCUT2D eigenvalue weighted by atomic mass is 16.5. The second kappa shape index (κ2) is 20.7. The van der Waals surface area contributed by atoms with Crippen LogP contribution in [0.2, 0.25) is 0 Å². The smallest absolute Gasteiger partial charge is 0.132 e. The molecule has 0 saturated carbocycles. The quantitative estimate of drug-likeness (QED) is 0.218. The van der Waals surface area contributed by atoms with Crippen LogP contribution in [0.25, 0.3) is 0 Å². The summed E-state index contributed by atoms with van der Waals surface area (Å²) < 4.78 is 5.02. The zero-order valence-electron chi connectivity index (χ0n) is 16.8. The van der Waals surface area contributed by atoms with Crippen LogP contribution in [0.4, 0.5) is 0 Å². The zero-order chi connectivity index (χ0) is 17.7. The molecule has 0 fully saturated rings. The zero-order valence-corrected chi connectivity index (χ0v) is 16.8. The number of unbranched alkanes of at least 4 members (excludes halogenated alkanes) is 14. The van der Waals surface area contributed by atoms with Gasteiger partial charge in [-0.3, -0.25) is 4.79 Å². The molecule has 0 saturated heterocycles. The first-order valence-electron chi connectivity index (χ1n) is 10.8. The van der Waals surface area contributed by atoms with Crippen LogP contribution in [0.5, 0.6) is 0 Å². The highest BCUT2D eigenvalue weighted by molar-refractivity contribution is 5.78. The van der Waals surface area contributed by atoms with Crippen LogP contribution in [-0.4, -0.2) is 19.5 Å². The van der Waals surface area contributed by atoms with Gasteiger partial charge in [-0.05, 0) is 19.3 Å². The molecule has 0 spiro atoms. The number of ketones is 1. The highest BCUT2D eigenvalue weighted by Crippen LogP contribution is 2.13. The number of carbonyl (C=O) groups is 1. The molecule has 24 heavy (non-hydrogen) atoms. The lowest BCUT2D eigenvalue weighted by Crippen LogP contribution is -1.98. The lowest BCUT2D eigenvalue weighted by atomic mass is 10.0. The molecule has 0 aliphatic heterocycles. The van der Waals surface area contributed by atoms with E-state index in [9.17, 15) is 4.79 Å². The van der Waals surface area contributed by atoms with Crippen LogP contribution in [-0.2, 0) is 9.53 Å². The summed E-state index contributed by atoms with van der Waals surface area (Å²) in [6.07, 6.45) is 22.6. The Labute approximate surface area is 152 Å². The third kappa shape index (κ3) is 19.7. The standard InChI is InChI=1S/C22H44O2/c1-3-4-5-6-7-8-9-10-11-12-13-14-16-19-22(23)20-17-15-18-21-24-2/h3-21H2,1-2H3. The molecule has 0 bridgehead atoms. The van der Waals surface area contributed by atoms with Gasteiger partial charge in [-0.15, -0.1) is 0 Å². The third-order valence-corrected chi connectivity index (χ3v) is 4.86. The first kappa shape index (κ1) is 23.6. The Bertz CT molecular complexity index is 250. The summed E-state index contributed by atoms with van der Waals surface area (Å²) >= 11 is 0. The summed E-state index contributed by atoms with van der Waals surface area (Å²) in [5.41, 5.74) is 0. The summed E-state index contributed by atoms with van der Waals surface area (Å²) in [6, 6.07) is 0. The topological polar surface area (TPSA) is 26.3 Å². The number of rotatable bonds is 20. The molecule has 0 aromatic carbocycles. The van der Waals surface area contributed by atoms with E-state index >= 15 is 0 Å². The van der Waals surface area contributed by atoms with Crippen molar-refractivity contribution in [1.29, 1.82) is 0 Å². The van der Waals surface area contributed by atoms with Gasteiger partial charge in [0.2, 0.25) is 0 Å². The van der Waals surface area contributed by atoms with Gasteiger partial charge in [0.05, 0.1) is 0 Å². The highest BCUT2D eigenvalue weighted by Gasteiger charge is 2.01. The number of ether oxygens (including phenoxy) is 1. The van der Waals surface area contributed by atoms with Gasteiger partial charge in [-0.2, -0.15) is 0 Å². The van der Waals surface area contributed by atoms with Crippen molar-refractivity contribution in [2.75, 3.05) is 13.7 Å². The fourth-order valence-electron chi connectivity index (χ4n) is 3.21. The summed E-state index contributed by atoms with van der Waals surface area (Å²) in [7, 11) is 1.74. The molecule has 0 radical (unpaired) electrons. The molecule has 0 unspecified atom stereocenters. The van der Waals surface area contributed by atoms with Gasteiger partial charge in [-0.25, -0.2) is 0 Å². The van der Waals surface area contributed by atoms with Crippen molar-refractivity contribution in [3.05, 3.63) is 0 Å². The summed E-state index contributed by atoms with van der Waals surface area (Å²) in [4.78, 5) is 11.7. The van der Waals surface area contributed by atoms with Gasteiger partial charge < -0.3 is 4.74 Å². The van der Waals surface area contributed by atoms with Gasteiger partial charge in [0.15, 0.2) is 0 Å². The van der Waals surface area contributed by atoms with E-state index in [2.05, 4.69) is 6.92 Å². The van der Waals surface area contributed by atoms with E-state index < -0.39 is 0 Å². The van der Waals surface area contributed by atoms with Crippen LogP contribution in [0.15, 0.2) is 0 Å². The Morgan fingerprint density at radius 1 is 0.583 bits per heavy atom. The molecule has 0 aliphatic rings. The maximum Gasteiger partial charge on any atom is 0.132 e. The van der Waals surface area contributed by atoms with Crippen LogP contribution in [0, 0.1) is 0 Å². The van der Waals surface area contributed by atoms with E-state index in [1.165, 1.54) is 77.0 Å². The van der Waals surface area contributed by atoms with E-state index in [1.54, 1.807) is 7.11 Å². The van der Waals surface area contributed by atoms with E-state index in [0.29, 0.717) is 5.78 Å². The number of Topliss-reactive ketones (excluding diaryl/α,β-unsaturated/α-hetero) is 1. The van der Waals surface area contributed by atoms with Crippen molar-refractivity contribution < 1.29 is 9.53 Å². The molecule has 0 atom stereocenters. The van der Waals surface area contributed by atoms with Gasteiger partial charge in [0.25, 0.3) is 0 Å². The maximum absolute atomic E-state index is 11.7. The van der Waals surface area contributed by atoms with Crippen LogP contribution >= 0.6 is 0 Å². The minimum atomic E-state index is 0.468. The normalized spacial score (nSPS) is 11.1. The largest absolute Gasteiger partial charge is 0.385 e. The van der Waals surface area contributed by atoms with Gasteiger partial charge in [0, 0.05) is 26.6 Å². The molecule has 0 amide bonds. The molecule has 0 rings (SSSR count). The van der Waals surface area contributed by atoms with Crippen molar-refractivity contribution in [1.82, 2.24) is 0 Å². The van der Waals surface area contributed by atoms with Crippen molar-refractivity contribution in [2.24, 2.45) is 0 Å². The number of carbonyl (C=O) groups excluding carboxylic acids is 1. The third-order valence-electron chi connectivity index (χ3n) is 4.86. The van der Waals surface area contributed by atoms with E-state index in [0.717, 1.165) is 45.1 Å². The Hall–Kier alpha value is -0.370. The molecule has 0 aliphatic carbocycles. The average molecular weight is 341 g/mol. The molecule has 0 aromatic rings. The first-order valence-corrected chi connectivity index (χ1v) is 10.8. The minimum absolute atomic E-state index is 0.468. The summed E-state index contributed by atoms with van der Waals surface area (Å²) in [5, 5.41) is 0. The predicted octanol–water partition coefficient (Wildman–Crippen LogP) is 7.24. The van der Waals surface area contributed by atoms with Gasteiger partial charge >= 0.3 is 0 Å². The molecular formula is C22H44O2. The average Bonchev–Trinajstić information content (AvgIpc) is 2.59. The van der Waals surface area contributed by atoms with Crippen LogP contribution < -0.4 is 0 Å². The Balaban J connectivity index is 3.10. The van der Waals surface area contributed by atoms with Crippen molar-refractivity contribution in [2.45, 2.75) is 122 Å². The second-order valence-corrected chi connectivity index (χ2v) is 7.33. The maximum atomic E-state index is 11.7. The van der Waals surface area contributed by atoms with Crippen molar-refractivity contribution in [3.63, 3.8) is 0 Å². The van der Waals surface area contributed by atoms with Gasteiger partial charge in [0.1, 0.15) is 5.78 Å². The Morgan fingerprint density at radius 3 is 1.38 bits per heavy atom. The van der Waals surface area contributed by atoms with Crippen LogP contribution in [0.1, 0.15) is 122 Å². The number of methoxy groups -OCH3 is 1. The summed E-state index contributed by atoms with van der Waals surface area (Å²) in [5.74, 6) is 0.468. The summed E-state index contributed by atoms with van der Waals surface area (Å²) in [6.45, 7) is 3.10. The molecule has 2 nitrogen and oxygen atoms in total. The molecular weight excluding hydrogens is 296 g/mol. The molecule has 0 N–H and O–H groups in total. The lowest BCUT2D eigenvalue weighted by Gasteiger charge is -2.03. The fraction of sp³-hybridized carbons (Fsp3) is 0.955. The van der Waals surface area contributed by atoms with Crippen molar-refractivity contribution >= 4 is 5.78 Å². The first-order chi connectivity index (χ1) is 11.8. The number of hydrogen-bond acceptors (Lipinski definition) is 2. The monoisotopic (exact) mass is 340 g/mol. The molecule has 2 heteroatoms. The Kier molecular flexibility index (Phi) is 20.4. The molecule has 144 valence electrons. The Morgan fingerprint density at radius 2 is 0.958 bits per heavy atom. The van der Waals surface area contributed by atoms with E-state index in [-0.39, 0.29) is 0 Å². The molecule has 0 aromatic heterocycles. The van der Waals surface area contributed by atoms with Gasteiger partial charge in [-0.1, -0.05) is 90.4 Å². The van der Waals surface area contributed by atoms with E-state index in [1.807, 2.05) is 0 Å². The lowest BCUT2D eigenvalue weighted by molar-refractivity contribution is -0.119. The second-order valence-electron chi connectivity index (χ2n) is 7.33. The van der Waals surface area contributed by atoms with Crippen LogP contribution in [0.3, 0.4) is 0 Å². The minimum Gasteiger partial charge on any atom is -0.385 e. The molecule has 0 heterocycles. The van der Waals surface area contributed by atoms with Crippen molar-refractivity contribution in [3.8, 4) is 0 Å². The fourth-order valence-corrected chi connectivity index (χ4v) is 3.21. The SMILES string of the molecule is CCCCCCCCCCCCCCCC(=O)CCCCCOC. The van der Waals surface area contributed by atoms with E-state index in [4.69, 9.17) is 4.74 Å². The number of hydrogen-bond donors (Lipinski definition) is 0.